The van der Waals surface area contributed by atoms with Gasteiger partial charge in [0.25, 0.3) is 5.91 Å². The van der Waals surface area contributed by atoms with Gasteiger partial charge in [-0.25, -0.2) is 4.99 Å². The van der Waals surface area contributed by atoms with Gasteiger partial charge in [0.1, 0.15) is 0 Å². The molecule has 1 amide bonds. The fourth-order valence-electron chi connectivity index (χ4n) is 2.34. The molecule has 0 aliphatic carbocycles. The third-order valence-electron chi connectivity index (χ3n) is 3.66. The summed E-state index contributed by atoms with van der Waals surface area (Å²) in [6, 6.07) is 9.00. The van der Waals surface area contributed by atoms with E-state index in [1.165, 1.54) is 6.26 Å². The van der Waals surface area contributed by atoms with Crippen molar-refractivity contribution < 1.29 is 18.7 Å². The van der Waals surface area contributed by atoms with Crippen LogP contribution in [0.25, 0.3) is 0 Å². The van der Waals surface area contributed by atoms with Crippen LogP contribution in [0.3, 0.4) is 0 Å². The van der Waals surface area contributed by atoms with Gasteiger partial charge in [-0.15, -0.1) is 24.0 Å². The number of halogens is 1. The molecule has 2 aromatic rings. The minimum atomic E-state index is -0.242. The summed E-state index contributed by atoms with van der Waals surface area (Å²) in [5.74, 6) is 2.07. The molecule has 0 spiro atoms. The van der Waals surface area contributed by atoms with Gasteiger partial charge < -0.3 is 29.8 Å². The zero-order valence-corrected chi connectivity index (χ0v) is 18.6. The zero-order chi connectivity index (χ0) is 19.5. The van der Waals surface area contributed by atoms with E-state index in [1.54, 1.807) is 26.4 Å². The number of carbonyl (C=O) groups is 1. The molecular formula is C19H27IN4O4. The second-order valence-corrected chi connectivity index (χ2v) is 5.54. The van der Waals surface area contributed by atoms with Gasteiger partial charge in [-0.05, 0) is 36.8 Å². The number of furan rings is 1. The lowest BCUT2D eigenvalue weighted by atomic mass is 10.2. The van der Waals surface area contributed by atoms with E-state index in [9.17, 15) is 4.79 Å². The van der Waals surface area contributed by atoms with Crippen LogP contribution in [-0.4, -0.2) is 45.7 Å². The first-order valence-corrected chi connectivity index (χ1v) is 8.72. The summed E-state index contributed by atoms with van der Waals surface area (Å²) in [4.78, 5) is 16.3. The Morgan fingerprint density at radius 3 is 2.46 bits per heavy atom. The molecule has 9 heteroatoms. The summed E-state index contributed by atoms with van der Waals surface area (Å²) in [7, 11) is 3.21. The molecule has 154 valence electrons. The van der Waals surface area contributed by atoms with Crippen molar-refractivity contribution >= 4 is 35.8 Å². The Balaban J connectivity index is 0.00000392. The molecule has 0 saturated carbocycles. The van der Waals surface area contributed by atoms with Gasteiger partial charge in [0.2, 0.25) is 0 Å². The number of nitrogens with one attached hydrogen (secondary N) is 3. The highest BCUT2D eigenvalue weighted by molar-refractivity contribution is 14.0. The van der Waals surface area contributed by atoms with Crippen LogP contribution in [0.15, 0.2) is 46.0 Å². The number of methoxy groups -OCH3 is 2. The first-order valence-electron chi connectivity index (χ1n) is 8.72. The van der Waals surface area contributed by atoms with Crippen LogP contribution in [0.4, 0.5) is 0 Å². The smallest absolute Gasteiger partial charge is 0.287 e. The third-order valence-corrected chi connectivity index (χ3v) is 3.66. The van der Waals surface area contributed by atoms with Crippen molar-refractivity contribution in [2.45, 2.75) is 13.5 Å². The maximum Gasteiger partial charge on any atom is 0.287 e. The summed E-state index contributed by atoms with van der Waals surface area (Å²) in [5, 5.41) is 9.13. The highest BCUT2D eigenvalue weighted by Crippen LogP contribution is 2.27. The third kappa shape index (κ3) is 7.29. The van der Waals surface area contributed by atoms with E-state index in [-0.39, 0.29) is 29.9 Å². The average Bonchev–Trinajstić information content (AvgIpc) is 3.23. The van der Waals surface area contributed by atoms with Crippen molar-refractivity contribution in [2.24, 2.45) is 4.99 Å². The molecule has 0 aliphatic heterocycles. The van der Waals surface area contributed by atoms with Crippen molar-refractivity contribution in [2.75, 3.05) is 33.9 Å². The topological polar surface area (TPSA) is 97.1 Å². The Morgan fingerprint density at radius 1 is 1.07 bits per heavy atom. The molecule has 1 aromatic carbocycles. The maximum absolute atomic E-state index is 11.8. The minimum Gasteiger partial charge on any atom is -0.493 e. The predicted octanol–water partition coefficient (Wildman–Crippen LogP) is 2.40. The molecule has 0 radical (unpaired) electrons. The second kappa shape index (κ2) is 12.9. The number of benzene rings is 1. The highest BCUT2D eigenvalue weighted by atomic mass is 127. The molecule has 3 N–H and O–H groups in total. The SMILES string of the molecule is CCNC(=NCc1ccc(OC)c(OC)c1)NCCNC(=O)c1ccco1.I. The average molecular weight is 502 g/mol. The first-order chi connectivity index (χ1) is 13.2. The number of guanidine groups is 1. The number of hydrogen-bond acceptors (Lipinski definition) is 5. The molecule has 0 aliphatic rings. The lowest BCUT2D eigenvalue weighted by molar-refractivity contribution is 0.0926. The van der Waals surface area contributed by atoms with E-state index in [4.69, 9.17) is 13.9 Å². The van der Waals surface area contributed by atoms with Gasteiger partial charge in [0, 0.05) is 19.6 Å². The van der Waals surface area contributed by atoms with Crippen LogP contribution in [0.5, 0.6) is 11.5 Å². The largest absolute Gasteiger partial charge is 0.493 e. The number of nitrogens with zero attached hydrogens (tertiary/aromatic N) is 1. The second-order valence-electron chi connectivity index (χ2n) is 5.54. The van der Waals surface area contributed by atoms with E-state index in [0.717, 1.165) is 12.1 Å². The monoisotopic (exact) mass is 502 g/mol. The first kappa shape index (κ1) is 23.6. The maximum atomic E-state index is 11.8. The van der Waals surface area contributed by atoms with E-state index in [1.807, 2.05) is 25.1 Å². The normalized spacial score (nSPS) is 10.6. The quantitative estimate of drug-likeness (QED) is 0.211. The van der Waals surface area contributed by atoms with E-state index >= 15 is 0 Å². The molecule has 0 saturated heterocycles. The van der Waals surface area contributed by atoms with Crippen LogP contribution < -0.4 is 25.4 Å². The number of hydrogen-bond donors (Lipinski definition) is 3. The molecule has 1 aromatic heterocycles. The van der Waals surface area contributed by atoms with Crippen LogP contribution in [0.1, 0.15) is 23.0 Å². The fourth-order valence-corrected chi connectivity index (χ4v) is 2.34. The molecule has 2 rings (SSSR count). The van der Waals surface area contributed by atoms with Crippen molar-refractivity contribution in [3.63, 3.8) is 0 Å². The van der Waals surface area contributed by atoms with Crippen molar-refractivity contribution in [3.05, 3.63) is 47.9 Å². The summed E-state index contributed by atoms with van der Waals surface area (Å²) in [6.45, 7) is 4.18. The molecule has 28 heavy (non-hydrogen) atoms. The van der Waals surface area contributed by atoms with Gasteiger partial charge >= 0.3 is 0 Å². The van der Waals surface area contributed by atoms with Crippen LogP contribution in [0.2, 0.25) is 0 Å². The Labute approximate surface area is 182 Å². The highest BCUT2D eigenvalue weighted by Gasteiger charge is 2.07. The van der Waals surface area contributed by atoms with Gasteiger partial charge in [0.15, 0.2) is 23.2 Å². The number of carbonyl (C=O) groups excluding carboxylic acids is 1. The molecule has 0 atom stereocenters. The summed E-state index contributed by atoms with van der Waals surface area (Å²) >= 11 is 0. The summed E-state index contributed by atoms with van der Waals surface area (Å²) < 4.78 is 15.6. The van der Waals surface area contributed by atoms with Crippen molar-refractivity contribution in [1.82, 2.24) is 16.0 Å². The summed E-state index contributed by atoms with van der Waals surface area (Å²) in [5.41, 5.74) is 0.996. The molecule has 0 unspecified atom stereocenters. The van der Waals surface area contributed by atoms with E-state index in [2.05, 4.69) is 20.9 Å². The number of amides is 1. The number of aliphatic imine (C=N–C) groups is 1. The van der Waals surface area contributed by atoms with Crippen molar-refractivity contribution in [3.8, 4) is 11.5 Å². The lowest BCUT2D eigenvalue weighted by Crippen LogP contribution is -2.41. The van der Waals surface area contributed by atoms with Crippen molar-refractivity contribution in [1.29, 1.82) is 0 Å². The van der Waals surface area contributed by atoms with Crippen LogP contribution in [0, 0.1) is 0 Å². The van der Waals surface area contributed by atoms with Gasteiger partial charge in [-0.1, -0.05) is 6.07 Å². The number of rotatable bonds is 9. The standard InChI is InChI=1S/C19H26N4O4.HI/c1-4-20-19(22-10-9-21-18(24)16-6-5-11-27-16)23-13-14-7-8-15(25-2)17(12-14)26-3;/h5-8,11-12H,4,9-10,13H2,1-3H3,(H,21,24)(H2,20,22,23);1H. The molecule has 8 nitrogen and oxygen atoms in total. The molecule has 0 bridgehead atoms. The number of ether oxygens (including phenoxy) is 2. The predicted molar refractivity (Wildman–Crippen MR) is 119 cm³/mol. The summed E-state index contributed by atoms with van der Waals surface area (Å²) in [6.07, 6.45) is 1.47. The van der Waals surface area contributed by atoms with Gasteiger partial charge in [0.05, 0.1) is 27.0 Å². The Bertz CT molecular complexity index is 750. The lowest BCUT2D eigenvalue weighted by Gasteiger charge is -2.12. The Kier molecular flexibility index (Phi) is 10.8. The van der Waals surface area contributed by atoms with E-state index in [0.29, 0.717) is 42.9 Å². The molecule has 0 fully saturated rings. The van der Waals surface area contributed by atoms with Gasteiger partial charge in [-0.2, -0.15) is 0 Å². The van der Waals surface area contributed by atoms with E-state index < -0.39 is 0 Å². The Morgan fingerprint density at radius 2 is 1.82 bits per heavy atom. The fraction of sp³-hybridized carbons (Fsp3) is 0.368. The molecular weight excluding hydrogens is 475 g/mol. The van der Waals surface area contributed by atoms with Gasteiger partial charge in [-0.3, -0.25) is 4.79 Å². The van der Waals surface area contributed by atoms with Crippen LogP contribution >= 0.6 is 24.0 Å². The zero-order valence-electron chi connectivity index (χ0n) is 16.3. The van der Waals surface area contributed by atoms with Crippen LogP contribution in [-0.2, 0) is 6.54 Å². The minimum absolute atomic E-state index is 0. The molecule has 1 heterocycles. The Hall–Kier alpha value is -2.43.